The first-order valence-electron chi connectivity index (χ1n) is 8.27. The van der Waals surface area contributed by atoms with Gasteiger partial charge in [0.05, 0.1) is 17.9 Å². The van der Waals surface area contributed by atoms with Gasteiger partial charge in [-0.1, -0.05) is 24.3 Å². The van der Waals surface area contributed by atoms with Crippen molar-refractivity contribution in [2.24, 2.45) is 10.7 Å². The number of aliphatic imine (C=N–C) groups is 1. The second-order valence-corrected chi connectivity index (χ2v) is 6.22. The second-order valence-electron chi connectivity index (χ2n) is 6.22. The third kappa shape index (κ3) is 4.26. The molecule has 0 amide bonds. The third-order valence-corrected chi connectivity index (χ3v) is 3.94. The van der Waals surface area contributed by atoms with Crippen molar-refractivity contribution in [2.75, 3.05) is 5.32 Å². The zero-order chi connectivity index (χ0) is 17.8. The van der Waals surface area contributed by atoms with E-state index in [-0.39, 0.29) is 0 Å². The van der Waals surface area contributed by atoms with Crippen LogP contribution in [-0.4, -0.2) is 15.7 Å². The van der Waals surface area contributed by atoms with E-state index in [4.69, 9.17) is 5.73 Å². The Balaban J connectivity index is 1.72. The molecule has 0 saturated heterocycles. The molecule has 3 rings (SSSR count). The normalized spacial score (nSPS) is 11.6. The lowest BCUT2D eigenvalue weighted by Crippen LogP contribution is -2.22. The molecular formula is C20H23N5. The Labute approximate surface area is 148 Å². The molecule has 0 fully saturated rings. The average Bonchev–Trinajstić information content (AvgIpc) is 2.94. The number of guanidine groups is 1. The van der Waals surface area contributed by atoms with E-state index in [2.05, 4.69) is 35.3 Å². The first kappa shape index (κ1) is 16.8. The van der Waals surface area contributed by atoms with Crippen LogP contribution in [0.1, 0.15) is 22.4 Å². The Kier molecular flexibility index (Phi) is 4.84. The number of benzene rings is 2. The number of nitrogens with zero attached hydrogens (tertiary/aromatic N) is 3. The molecule has 0 aliphatic carbocycles. The summed E-state index contributed by atoms with van der Waals surface area (Å²) in [7, 11) is 0. The number of aromatic nitrogens is 2. The summed E-state index contributed by atoms with van der Waals surface area (Å²) in [5.41, 5.74) is 12.4. The molecule has 1 heterocycles. The van der Waals surface area contributed by atoms with E-state index in [1.54, 1.807) is 0 Å². The summed E-state index contributed by atoms with van der Waals surface area (Å²) < 4.78 is 1.87. The highest BCUT2D eigenvalue weighted by atomic mass is 15.3. The van der Waals surface area contributed by atoms with E-state index < -0.39 is 0 Å². The predicted molar refractivity (Wildman–Crippen MR) is 103 cm³/mol. The van der Waals surface area contributed by atoms with Crippen molar-refractivity contribution in [3.63, 3.8) is 0 Å². The molecule has 0 atom stereocenters. The molecular weight excluding hydrogens is 310 g/mol. The largest absolute Gasteiger partial charge is 0.370 e. The van der Waals surface area contributed by atoms with Crippen molar-refractivity contribution in [1.29, 1.82) is 0 Å². The van der Waals surface area contributed by atoms with Crippen molar-refractivity contribution in [1.82, 2.24) is 9.78 Å². The lowest BCUT2D eigenvalue weighted by molar-refractivity contribution is 0.863. The molecule has 0 saturated carbocycles. The van der Waals surface area contributed by atoms with Crippen LogP contribution in [0.5, 0.6) is 0 Å². The fourth-order valence-corrected chi connectivity index (χ4v) is 2.77. The second kappa shape index (κ2) is 7.21. The topological polar surface area (TPSA) is 68.2 Å². The molecule has 0 unspecified atom stereocenters. The minimum Gasteiger partial charge on any atom is -0.370 e. The van der Waals surface area contributed by atoms with Crippen LogP contribution in [0.4, 0.5) is 5.69 Å². The zero-order valence-corrected chi connectivity index (χ0v) is 14.8. The number of para-hydroxylation sites is 1. The Morgan fingerprint density at radius 2 is 1.76 bits per heavy atom. The molecule has 25 heavy (non-hydrogen) atoms. The predicted octanol–water partition coefficient (Wildman–Crippen LogP) is 3.72. The first-order valence-corrected chi connectivity index (χ1v) is 8.27. The van der Waals surface area contributed by atoms with E-state index in [0.717, 1.165) is 22.6 Å². The van der Waals surface area contributed by atoms with Crippen LogP contribution in [0.15, 0.2) is 59.7 Å². The van der Waals surface area contributed by atoms with Gasteiger partial charge in [-0.05, 0) is 56.2 Å². The van der Waals surface area contributed by atoms with Gasteiger partial charge in [0, 0.05) is 17.4 Å². The van der Waals surface area contributed by atoms with Crippen LogP contribution in [0.25, 0.3) is 5.69 Å². The van der Waals surface area contributed by atoms with E-state index in [1.165, 1.54) is 11.1 Å². The molecule has 0 radical (unpaired) electrons. The molecule has 0 aliphatic heterocycles. The molecule has 1 aromatic heterocycles. The number of hydrogen-bond donors (Lipinski definition) is 2. The lowest BCUT2D eigenvalue weighted by Gasteiger charge is -2.07. The van der Waals surface area contributed by atoms with Crippen molar-refractivity contribution < 1.29 is 0 Å². The van der Waals surface area contributed by atoms with Crippen LogP contribution >= 0.6 is 0 Å². The van der Waals surface area contributed by atoms with Crippen molar-refractivity contribution in [2.45, 2.75) is 27.3 Å². The smallest absolute Gasteiger partial charge is 0.193 e. The van der Waals surface area contributed by atoms with Crippen LogP contribution in [-0.2, 0) is 6.54 Å². The number of anilines is 1. The minimum absolute atomic E-state index is 0.400. The maximum Gasteiger partial charge on any atom is 0.193 e. The van der Waals surface area contributed by atoms with E-state index in [1.807, 2.05) is 60.3 Å². The highest BCUT2D eigenvalue weighted by molar-refractivity contribution is 5.92. The third-order valence-electron chi connectivity index (χ3n) is 3.94. The minimum atomic E-state index is 0.400. The van der Waals surface area contributed by atoms with Gasteiger partial charge in [-0.3, -0.25) is 0 Å². The van der Waals surface area contributed by atoms with Crippen LogP contribution in [0, 0.1) is 20.8 Å². The highest BCUT2D eigenvalue weighted by Crippen LogP contribution is 2.15. The fraction of sp³-hybridized carbons (Fsp3) is 0.200. The number of rotatable bonds is 4. The van der Waals surface area contributed by atoms with E-state index in [0.29, 0.717) is 12.5 Å². The van der Waals surface area contributed by atoms with Gasteiger partial charge in [-0.2, -0.15) is 5.10 Å². The molecule has 3 N–H and O–H groups in total. The number of nitrogens with two attached hydrogens (primary N) is 1. The van der Waals surface area contributed by atoms with Crippen LogP contribution in [0.3, 0.4) is 0 Å². The number of hydrogen-bond acceptors (Lipinski definition) is 2. The zero-order valence-electron chi connectivity index (χ0n) is 14.8. The Morgan fingerprint density at radius 3 is 2.44 bits per heavy atom. The molecule has 0 aliphatic rings. The number of aryl methyl sites for hydroxylation is 3. The molecule has 3 aromatic rings. The van der Waals surface area contributed by atoms with Gasteiger partial charge in [0.15, 0.2) is 5.96 Å². The monoisotopic (exact) mass is 333 g/mol. The maximum atomic E-state index is 6.03. The quantitative estimate of drug-likeness (QED) is 0.565. The van der Waals surface area contributed by atoms with Gasteiger partial charge in [0.25, 0.3) is 0 Å². The summed E-state index contributed by atoms with van der Waals surface area (Å²) in [5, 5.41) is 7.70. The van der Waals surface area contributed by atoms with Crippen molar-refractivity contribution in [3.05, 3.63) is 77.1 Å². The van der Waals surface area contributed by atoms with Crippen molar-refractivity contribution in [3.8, 4) is 5.69 Å². The van der Waals surface area contributed by atoms with Crippen LogP contribution in [0.2, 0.25) is 0 Å². The molecule has 5 heteroatoms. The average molecular weight is 333 g/mol. The molecule has 0 spiro atoms. The standard InChI is InChI=1S/C20H23N5/c1-14-9-15(2)11-18(10-14)23-20(21)22-12-17-13-25(24-16(17)3)19-7-5-4-6-8-19/h4-11,13H,12H2,1-3H3,(H3,21,22,23). The molecule has 128 valence electrons. The van der Waals surface area contributed by atoms with E-state index >= 15 is 0 Å². The maximum absolute atomic E-state index is 6.03. The summed E-state index contributed by atoms with van der Waals surface area (Å²) in [6, 6.07) is 16.3. The van der Waals surface area contributed by atoms with Gasteiger partial charge < -0.3 is 11.1 Å². The van der Waals surface area contributed by atoms with Crippen LogP contribution < -0.4 is 11.1 Å². The molecule has 0 bridgehead atoms. The highest BCUT2D eigenvalue weighted by Gasteiger charge is 2.06. The summed E-state index contributed by atoms with van der Waals surface area (Å²) >= 11 is 0. The van der Waals surface area contributed by atoms with Gasteiger partial charge >= 0.3 is 0 Å². The summed E-state index contributed by atoms with van der Waals surface area (Å²) in [5.74, 6) is 0.400. The molecule has 2 aromatic carbocycles. The summed E-state index contributed by atoms with van der Waals surface area (Å²) in [4.78, 5) is 4.45. The van der Waals surface area contributed by atoms with Gasteiger partial charge in [-0.25, -0.2) is 9.67 Å². The Morgan fingerprint density at radius 1 is 1.08 bits per heavy atom. The summed E-state index contributed by atoms with van der Waals surface area (Å²) in [6.45, 7) is 6.60. The molecule has 5 nitrogen and oxygen atoms in total. The SMILES string of the molecule is Cc1cc(C)cc(NC(N)=NCc2cn(-c3ccccc3)nc2C)c1. The fourth-order valence-electron chi connectivity index (χ4n) is 2.77. The lowest BCUT2D eigenvalue weighted by atomic mass is 10.1. The Hall–Kier alpha value is -3.08. The first-order chi connectivity index (χ1) is 12.0. The summed E-state index contributed by atoms with van der Waals surface area (Å²) in [6.07, 6.45) is 2.00. The van der Waals surface area contributed by atoms with Gasteiger partial charge in [0.1, 0.15) is 0 Å². The van der Waals surface area contributed by atoms with E-state index in [9.17, 15) is 0 Å². The number of nitrogens with one attached hydrogen (secondary N) is 1. The van der Waals surface area contributed by atoms with Gasteiger partial charge in [0.2, 0.25) is 0 Å². The van der Waals surface area contributed by atoms with Crippen molar-refractivity contribution >= 4 is 11.6 Å². The van der Waals surface area contributed by atoms with Gasteiger partial charge in [-0.15, -0.1) is 0 Å². The Bertz CT molecular complexity index is 873.